The summed E-state index contributed by atoms with van der Waals surface area (Å²) in [6.07, 6.45) is 5.40. The minimum Gasteiger partial charge on any atom is -0.323 e. The van der Waals surface area contributed by atoms with Gasteiger partial charge in [-0.3, -0.25) is 4.98 Å². The molecule has 1 saturated heterocycles. The Labute approximate surface area is 109 Å². The van der Waals surface area contributed by atoms with Crippen molar-refractivity contribution in [2.75, 3.05) is 13.1 Å². The summed E-state index contributed by atoms with van der Waals surface area (Å²) in [7, 11) is 0. The SMILES string of the molecule is CC(C)N1CCC2(CC1)Cc1ncccc1[C@@H]2N. The number of aromatic nitrogens is 1. The summed E-state index contributed by atoms with van der Waals surface area (Å²) in [6, 6.07) is 5.02. The maximum atomic E-state index is 6.52. The Kier molecular flexibility index (Phi) is 2.91. The standard InChI is InChI=1S/C15H23N3/c1-11(2)18-8-5-15(6-9-18)10-13-12(14(15)16)4-3-7-17-13/h3-4,7,11,14H,5-6,8-10,16H2,1-2H3/t14-/m0/s1. The number of pyridine rings is 1. The van der Waals surface area contributed by atoms with E-state index >= 15 is 0 Å². The Bertz CT molecular complexity index is 433. The van der Waals surface area contributed by atoms with Gasteiger partial charge in [-0.1, -0.05) is 6.07 Å². The molecule has 1 atom stereocenters. The molecule has 0 saturated carbocycles. The summed E-state index contributed by atoms with van der Waals surface area (Å²) in [5.41, 5.74) is 9.33. The molecule has 2 aliphatic rings. The third kappa shape index (κ3) is 1.77. The lowest BCUT2D eigenvalue weighted by Crippen LogP contribution is -2.46. The van der Waals surface area contributed by atoms with Crippen LogP contribution in [0.3, 0.4) is 0 Å². The van der Waals surface area contributed by atoms with E-state index in [2.05, 4.69) is 29.8 Å². The first-order chi connectivity index (χ1) is 8.62. The van der Waals surface area contributed by atoms with Crippen molar-refractivity contribution in [3.8, 4) is 0 Å². The second-order valence-electron chi connectivity index (χ2n) is 6.19. The molecule has 3 rings (SSSR count). The highest BCUT2D eigenvalue weighted by atomic mass is 15.2. The van der Waals surface area contributed by atoms with Crippen LogP contribution in [-0.4, -0.2) is 29.0 Å². The van der Waals surface area contributed by atoms with E-state index in [-0.39, 0.29) is 11.5 Å². The lowest BCUT2D eigenvalue weighted by atomic mass is 9.73. The summed E-state index contributed by atoms with van der Waals surface area (Å²) in [4.78, 5) is 7.08. The quantitative estimate of drug-likeness (QED) is 0.824. The molecule has 0 amide bonds. The van der Waals surface area contributed by atoms with E-state index < -0.39 is 0 Å². The highest BCUT2D eigenvalue weighted by Gasteiger charge is 2.46. The molecule has 1 aromatic rings. The third-order valence-electron chi connectivity index (χ3n) is 4.96. The second kappa shape index (κ2) is 4.32. The Hall–Kier alpha value is -0.930. The van der Waals surface area contributed by atoms with Gasteiger partial charge in [-0.15, -0.1) is 0 Å². The monoisotopic (exact) mass is 245 g/mol. The fourth-order valence-electron chi connectivity index (χ4n) is 3.63. The van der Waals surface area contributed by atoms with Gasteiger partial charge < -0.3 is 10.6 Å². The molecule has 3 heteroatoms. The van der Waals surface area contributed by atoms with Gasteiger partial charge in [0.15, 0.2) is 0 Å². The molecule has 2 N–H and O–H groups in total. The molecule has 0 aromatic carbocycles. The first-order valence-electron chi connectivity index (χ1n) is 7.06. The van der Waals surface area contributed by atoms with E-state index in [0.717, 1.165) is 6.42 Å². The Morgan fingerprint density at radius 2 is 2.11 bits per heavy atom. The van der Waals surface area contributed by atoms with Crippen molar-refractivity contribution in [2.24, 2.45) is 11.1 Å². The van der Waals surface area contributed by atoms with E-state index in [9.17, 15) is 0 Å². The minimum atomic E-state index is 0.190. The van der Waals surface area contributed by atoms with Gasteiger partial charge >= 0.3 is 0 Å². The Morgan fingerprint density at radius 3 is 2.72 bits per heavy atom. The summed E-state index contributed by atoms with van der Waals surface area (Å²) in [5, 5.41) is 0. The van der Waals surface area contributed by atoms with E-state index in [0.29, 0.717) is 6.04 Å². The zero-order valence-electron chi connectivity index (χ0n) is 11.4. The van der Waals surface area contributed by atoms with Crippen LogP contribution in [0.15, 0.2) is 18.3 Å². The fourth-order valence-corrected chi connectivity index (χ4v) is 3.63. The van der Waals surface area contributed by atoms with Crippen LogP contribution in [0.2, 0.25) is 0 Å². The van der Waals surface area contributed by atoms with Gasteiger partial charge in [0.05, 0.1) is 0 Å². The zero-order valence-corrected chi connectivity index (χ0v) is 11.4. The van der Waals surface area contributed by atoms with E-state index in [1.54, 1.807) is 0 Å². The fraction of sp³-hybridized carbons (Fsp3) is 0.667. The van der Waals surface area contributed by atoms with Gasteiger partial charge in [-0.2, -0.15) is 0 Å². The lowest BCUT2D eigenvalue weighted by molar-refractivity contribution is 0.0708. The van der Waals surface area contributed by atoms with Gasteiger partial charge in [-0.25, -0.2) is 0 Å². The maximum absolute atomic E-state index is 6.52. The molecular formula is C15H23N3. The summed E-state index contributed by atoms with van der Waals surface area (Å²) in [5.74, 6) is 0. The van der Waals surface area contributed by atoms with Crippen molar-refractivity contribution >= 4 is 0 Å². The summed E-state index contributed by atoms with van der Waals surface area (Å²) < 4.78 is 0. The van der Waals surface area contributed by atoms with Gasteiger partial charge in [0.1, 0.15) is 0 Å². The van der Waals surface area contributed by atoms with Gasteiger partial charge in [-0.05, 0) is 63.2 Å². The van der Waals surface area contributed by atoms with E-state index in [4.69, 9.17) is 5.73 Å². The Morgan fingerprint density at radius 1 is 1.39 bits per heavy atom. The van der Waals surface area contributed by atoms with Crippen molar-refractivity contribution in [1.29, 1.82) is 0 Å². The molecule has 0 unspecified atom stereocenters. The molecule has 1 aliphatic heterocycles. The van der Waals surface area contributed by atoms with E-state index in [1.807, 2.05) is 12.3 Å². The van der Waals surface area contributed by atoms with Crippen molar-refractivity contribution in [2.45, 2.75) is 45.2 Å². The van der Waals surface area contributed by atoms with E-state index in [1.165, 1.54) is 37.2 Å². The van der Waals surface area contributed by atoms with Gasteiger partial charge in [0.25, 0.3) is 0 Å². The molecule has 0 radical (unpaired) electrons. The van der Waals surface area contributed by atoms with Crippen LogP contribution in [0.1, 0.15) is 44.0 Å². The van der Waals surface area contributed by atoms with Crippen molar-refractivity contribution in [3.05, 3.63) is 29.6 Å². The second-order valence-corrected chi connectivity index (χ2v) is 6.19. The van der Waals surface area contributed by atoms with Crippen LogP contribution in [0, 0.1) is 5.41 Å². The molecule has 1 spiro atoms. The maximum Gasteiger partial charge on any atom is 0.0457 e. The molecule has 1 aromatic heterocycles. The molecule has 1 aliphatic carbocycles. The number of nitrogens with zero attached hydrogens (tertiary/aromatic N) is 2. The summed E-state index contributed by atoms with van der Waals surface area (Å²) in [6.45, 7) is 6.92. The topological polar surface area (TPSA) is 42.2 Å². The molecule has 18 heavy (non-hydrogen) atoms. The number of rotatable bonds is 1. The average molecular weight is 245 g/mol. The predicted molar refractivity (Wildman–Crippen MR) is 73.2 cm³/mol. The highest BCUT2D eigenvalue weighted by Crippen LogP contribution is 2.50. The average Bonchev–Trinajstić information content (AvgIpc) is 2.64. The first-order valence-corrected chi connectivity index (χ1v) is 7.06. The van der Waals surface area contributed by atoms with Crippen molar-refractivity contribution < 1.29 is 0 Å². The van der Waals surface area contributed by atoms with Crippen molar-refractivity contribution in [3.63, 3.8) is 0 Å². The van der Waals surface area contributed by atoms with Gasteiger partial charge in [0, 0.05) is 24.0 Å². The molecule has 98 valence electrons. The first kappa shape index (κ1) is 12.1. The van der Waals surface area contributed by atoms with Crippen LogP contribution in [0.5, 0.6) is 0 Å². The third-order valence-corrected chi connectivity index (χ3v) is 4.96. The molecular weight excluding hydrogens is 222 g/mol. The minimum absolute atomic E-state index is 0.190. The van der Waals surface area contributed by atoms with Crippen LogP contribution < -0.4 is 5.73 Å². The van der Waals surface area contributed by atoms with Crippen LogP contribution >= 0.6 is 0 Å². The zero-order chi connectivity index (χ0) is 12.8. The summed E-state index contributed by atoms with van der Waals surface area (Å²) >= 11 is 0. The number of hydrogen-bond donors (Lipinski definition) is 1. The van der Waals surface area contributed by atoms with Crippen LogP contribution in [0.4, 0.5) is 0 Å². The molecule has 3 nitrogen and oxygen atoms in total. The molecule has 1 fully saturated rings. The number of piperidine rings is 1. The number of hydrogen-bond acceptors (Lipinski definition) is 3. The smallest absolute Gasteiger partial charge is 0.0457 e. The highest BCUT2D eigenvalue weighted by molar-refractivity contribution is 5.33. The number of fused-ring (bicyclic) bond motifs is 1. The number of nitrogens with two attached hydrogens (primary N) is 1. The largest absolute Gasteiger partial charge is 0.323 e. The Balaban J connectivity index is 1.80. The molecule has 0 bridgehead atoms. The van der Waals surface area contributed by atoms with Gasteiger partial charge in [0.2, 0.25) is 0 Å². The predicted octanol–water partition coefficient (Wildman–Crippen LogP) is 2.13. The van der Waals surface area contributed by atoms with Crippen molar-refractivity contribution in [1.82, 2.24) is 9.88 Å². The van der Waals surface area contributed by atoms with Crippen LogP contribution in [0.25, 0.3) is 0 Å². The van der Waals surface area contributed by atoms with Crippen LogP contribution in [-0.2, 0) is 6.42 Å². The lowest BCUT2D eigenvalue weighted by Gasteiger charge is -2.43. The normalized spacial score (nSPS) is 26.8. The molecule has 2 heterocycles. The number of likely N-dealkylation sites (tertiary alicyclic amines) is 1.